The molecule has 2 rings (SSSR count). The molecule has 1 N–H and O–H groups in total. The Kier molecular flexibility index (Phi) is 4.65. The third-order valence-corrected chi connectivity index (χ3v) is 4.87. The standard InChI is InChI=1S/C13H17Cl2NS/c1-3-16-13-4-8(2)17-7-11-10(13)5-9(14)6-12(11)15/h5-6,8,13,16H,3-4,7H2,1-2H3. The van der Waals surface area contributed by atoms with E-state index in [1.807, 2.05) is 17.8 Å². The number of nitrogens with one attached hydrogen (secondary N) is 1. The van der Waals surface area contributed by atoms with Gasteiger partial charge in [0, 0.05) is 27.1 Å². The number of hydrogen-bond donors (Lipinski definition) is 1. The minimum atomic E-state index is 0.371. The van der Waals surface area contributed by atoms with E-state index in [0.717, 1.165) is 28.8 Å². The molecule has 0 saturated carbocycles. The van der Waals surface area contributed by atoms with Gasteiger partial charge in [0.2, 0.25) is 0 Å². The molecule has 0 saturated heterocycles. The van der Waals surface area contributed by atoms with Crippen molar-refractivity contribution in [3.05, 3.63) is 33.3 Å². The Balaban J connectivity index is 2.43. The van der Waals surface area contributed by atoms with E-state index in [4.69, 9.17) is 23.2 Å². The third-order valence-electron chi connectivity index (χ3n) is 3.10. The van der Waals surface area contributed by atoms with E-state index in [1.165, 1.54) is 11.1 Å². The van der Waals surface area contributed by atoms with E-state index < -0.39 is 0 Å². The molecule has 2 atom stereocenters. The second-order valence-electron chi connectivity index (χ2n) is 4.42. The van der Waals surface area contributed by atoms with Crippen LogP contribution in [0, 0.1) is 0 Å². The van der Waals surface area contributed by atoms with Gasteiger partial charge in [-0.05, 0) is 36.2 Å². The summed E-state index contributed by atoms with van der Waals surface area (Å²) >= 11 is 14.4. The number of rotatable bonds is 2. The van der Waals surface area contributed by atoms with Gasteiger partial charge in [-0.3, -0.25) is 0 Å². The highest BCUT2D eigenvalue weighted by Gasteiger charge is 2.24. The quantitative estimate of drug-likeness (QED) is 0.849. The van der Waals surface area contributed by atoms with E-state index in [2.05, 4.69) is 25.2 Å². The molecule has 0 aromatic heterocycles. The monoisotopic (exact) mass is 289 g/mol. The maximum Gasteiger partial charge on any atom is 0.0464 e. The second kappa shape index (κ2) is 5.83. The Hall–Kier alpha value is 0.110. The average Bonchev–Trinajstić information content (AvgIpc) is 2.40. The van der Waals surface area contributed by atoms with Gasteiger partial charge in [-0.25, -0.2) is 0 Å². The summed E-state index contributed by atoms with van der Waals surface area (Å²) in [6.07, 6.45) is 1.13. The molecule has 94 valence electrons. The molecule has 1 nitrogen and oxygen atoms in total. The topological polar surface area (TPSA) is 12.0 Å². The molecular weight excluding hydrogens is 273 g/mol. The van der Waals surface area contributed by atoms with E-state index >= 15 is 0 Å². The molecule has 2 unspecified atom stereocenters. The van der Waals surface area contributed by atoms with Crippen LogP contribution >= 0.6 is 35.0 Å². The highest BCUT2D eigenvalue weighted by Crippen LogP contribution is 2.39. The van der Waals surface area contributed by atoms with Crippen LogP contribution in [0.1, 0.15) is 37.4 Å². The summed E-state index contributed by atoms with van der Waals surface area (Å²) in [5, 5.41) is 5.71. The van der Waals surface area contributed by atoms with E-state index in [-0.39, 0.29) is 0 Å². The molecule has 0 fully saturated rings. The summed E-state index contributed by atoms with van der Waals surface area (Å²) in [6, 6.07) is 4.28. The maximum absolute atomic E-state index is 6.31. The van der Waals surface area contributed by atoms with Crippen molar-refractivity contribution in [3.63, 3.8) is 0 Å². The summed E-state index contributed by atoms with van der Waals surface area (Å²) in [6.45, 7) is 5.37. The summed E-state index contributed by atoms with van der Waals surface area (Å²) in [7, 11) is 0. The van der Waals surface area contributed by atoms with Crippen LogP contribution in [-0.2, 0) is 5.75 Å². The largest absolute Gasteiger partial charge is 0.310 e. The molecule has 1 aliphatic heterocycles. The zero-order valence-corrected chi connectivity index (χ0v) is 12.4. The van der Waals surface area contributed by atoms with Crippen LogP contribution in [0.3, 0.4) is 0 Å². The van der Waals surface area contributed by atoms with Gasteiger partial charge in [0.15, 0.2) is 0 Å². The molecule has 0 amide bonds. The number of hydrogen-bond acceptors (Lipinski definition) is 2. The Morgan fingerprint density at radius 3 is 2.88 bits per heavy atom. The summed E-state index contributed by atoms with van der Waals surface area (Å²) in [5.74, 6) is 0.981. The van der Waals surface area contributed by atoms with Gasteiger partial charge in [-0.2, -0.15) is 11.8 Å². The lowest BCUT2D eigenvalue weighted by Gasteiger charge is -2.20. The molecule has 1 aliphatic rings. The van der Waals surface area contributed by atoms with Gasteiger partial charge in [0.05, 0.1) is 0 Å². The van der Waals surface area contributed by atoms with Gasteiger partial charge in [-0.15, -0.1) is 0 Å². The number of thioether (sulfide) groups is 1. The predicted molar refractivity (Wildman–Crippen MR) is 78.3 cm³/mol. The molecule has 4 heteroatoms. The number of halogens is 2. The van der Waals surface area contributed by atoms with Crippen molar-refractivity contribution in [2.24, 2.45) is 0 Å². The fraction of sp³-hybridized carbons (Fsp3) is 0.538. The fourth-order valence-electron chi connectivity index (χ4n) is 2.28. The van der Waals surface area contributed by atoms with E-state index in [0.29, 0.717) is 11.3 Å². The molecule has 17 heavy (non-hydrogen) atoms. The first-order chi connectivity index (χ1) is 8.11. The second-order valence-corrected chi connectivity index (χ2v) is 6.69. The summed E-state index contributed by atoms with van der Waals surface area (Å²) < 4.78 is 0. The molecular formula is C13H17Cl2NS. The van der Waals surface area contributed by atoms with Crippen LogP contribution < -0.4 is 5.32 Å². The highest BCUT2D eigenvalue weighted by atomic mass is 35.5. The molecule has 1 aromatic rings. The van der Waals surface area contributed by atoms with Gasteiger partial charge in [-0.1, -0.05) is 37.0 Å². The van der Waals surface area contributed by atoms with E-state index in [1.54, 1.807) is 0 Å². The summed E-state index contributed by atoms with van der Waals surface area (Å²) in [5.41, 5.74) is 2.53. The van der Waals surface area contributed by atoms with Crippen molar-refractivity contribution in [1.82, 2.24) is 5.32 Å². The molecule has 0 aliphatic carbocycles. The molecule has 1 aromatic carbocycles. The van der Waals surface area contributed by atoms with E-state index in [9.17, 15) is 0 Å². The zero-order chi connectivity index (χ0) is 12.4. The molecule has 0 spiro atoms. The minimum absolute atomic E-state index is 0.371. The van der Waals surface area contributed by atoms with Crippen molar-refractivity contribution in [1.29, 1.82) is 0 Å². The van der Waals surface area contributed by atoms with Crippen LogP contribution in [0.4, 0.5) is 0 Å². The van der Waals surface area contributed by atoms with Gasteiger partial charge in [0.1, 0.15) is 0 Å². The number of benzene rings is 1. The van der Waals surface area contributed by atoms with Crippen LogP contribution in [0.15, 0.2) is 12.1 Å². The minimum Gasteiger partial charge on any atom is -0.310 e. The lowest BCUT2D eigenvalue weighted by atomic mass is 9.97. The van der Waals surface area contributed by atoms with Crippen molar-refractivity contribution < 1.29 is 0 Å². The Labute approximate surface area is 117 Å². The molecule has 1 heterocycles. The van der Waals surface area contributed by atoms with Gasteiger partial charge >= 0.3 is 0 Å². The number of fused-ring (bicyclic) bond motifs is 1. The van der Waals surface area contributed by atoms with Crippen LogP contribution in [-0.4, -0.2) is 11.8 Å². The normalized spacial score (nSPS) is 24.2. The Bertz CT molecular complexity index is 409. The Morgan fingerprint density at radius 1 is 1.41 bits per heavy atom. The smallest absolute Gasteiger partial charge is 0.0464 e. The van der Waals surface area contributed by atoms with Crippen LogP contribution in [0.25, 0.3) is 0 Å². The third kappa shape index (κ3) is 3.11. The maximum atomic E-state index is 6.31. The van der Waals surface area contributed by atoms with Crippen molar-refractivity contribution in [3.8, 4) is 0 Å². The highest BCUT2D eigenvalue weighted by molar-refractivity contribution is 7.99. The van der Waals surface area contributed by atoms with Crippen molar-refractivity contribution in [2.75, 3.05) is 6.54 Å². The SMILES string of the molecule is CCNC1CC(C)SCc2c(Cl)cc(Cl)cc21. The fourth-order valence-corrected chi connectivity index (χ4v) is 4.04. The van der Waals surface area contributed by atoms with Gasteiger partial charge < -0.3 is 5.32 Å². The van der Waals surface area contributed by atoms with Crippen LogP contribution in [0.5, 0.6) is 0 Å². The van der Waals surface area contributed by atoms with Crippen molar-refractivity contribution >= 4 is 35.0 Å². The Morgan fingerprint density at radius 2 is 2.18 bits per heavy atom. The molecule has 0 radical (unpaired) electrons. The average molecular weight is 290 g/mol. The zero-order valence-electron chi connectivity index (χ0n) is 10.1. The lowest BCUT2D eigenvalue weighted by Crippen LogP contribution is -2.23. The lowest BCUT2D eigenvalue weighted by molar-refractivity contribution is 0.516. The molecule has 0 bridgehead atoms. The first-order valence-corrected chi connectivity index (χ1v) is 7.75. The van der Waals surface area contributed by atoms with Crippen molar-refractivity contribution in [2.45, 2.75) is 37.3 Å². The first-order valence-electron chi connectivity index (χ1n) is 5.94. The van der Waals surface area contributed by atoms with Crippen LogP contribution in [0.2, 0.25) is 10.0 Å². The predicted octanol–water partition coefficient (Wildman–Crippen LogP) is 4.67. The van der Waals surface area contributed by atoms with Gasteiger partial charge in [0.25, 0.3) is 0 Å². The summed E-state index contributed by atoms with van der Waals surface area (Å²) in [4.78, 5) is 0. The first kappa shape index (κ1) is 13.5.